The molecule has 0 fully saturated rings. The molecule has 19 heavy (non-hydrogen) atoms. The Hall–Kier alpha value is -1.73. The van der Waals surface area contributed by atoms with Crippen LogP contribution in [0.25, 0.3) is 0 Å². The highest BCUT2D eigenvalue weighted by Gasteiger charge is 2.12. The molecule has 5 nitrogen and oxygen atoms in total. The Morgan fingerprint density at radius 1 is 1.47 bits per heavy atom. The summed E-state index contributed by atoms with van der Waals surface area (Å²) >= 11 is 4.49. The van der Waals surface area contributed by atoms with Gasteiger partial charge in [0.25, 0.3) is 5.91 Å². The Labute approximate surface area is 122 Å². The van der Waals surface area contributed by atoms with Gasteiger partial charge in [0.2, 0.25) is 0 Å². The van der Waals surface area contributed by atoms with Crippen LogP contribution in [0.3, 0.4) is 0 Å². The molecule has 0 saturated heterocycles. The van der Waals surface area contributed by atoms with Crippen molar-refractivity contribution in [2.75, 3.05) is 5.73 Å². The van der Waals surface area contributed by atoms with Crippen LogP contribution < -0.4 is 11.2 Å². The fourth-order valence-electron chi connectivity index (χ4n) is 1.39. The molecule has 0 bridgehead atoms. The van der Waals surface area contributed by atoms with Crippen LogP contribution >= 0.6 is 27.3 Å². The van der Waals surface area contributed by atoms with Crippen molar-refractivity contribution in [3.8, 4) is 0 Å². The van der Waals surface area contributed by atoms with Crippen molar-refractivity contribution in [1.82, 2.24) is 10.4 Å². The van der Waals surface area contributed by atoms with Crippen LogP contribution in [0.5, 0.6) is 0 Å². The average molecular weight is 339 g/mol. The number of rotatable bonds is 3. The zero-order valence-corrected chi connectivity index (χ0v) is 12.5. The van der Waals surface area contributed by atoms with Crippen molar-refractivity contribution in [2.24, 2.45) is 5.10 Å². The molecule has 3 N–H and O–H groups in total. The van der Waals surface area contributed by atoms with Gasteiger partial charge < -0.3 is 5.73 Å². The third-order valence-corrected chi connectivity index (χ3v) is 3.78. The van der Waals surface area contributed by atoms with E-state index >= 15 is 0 Å². The van der Waals surface area contributed by atoms with Crippen LogP contribution in [0.4, 0.5) is 5.13 Å². The number of carbonyl (C=O) groups is 1. The second-order valence-corrected chi connectivity index (χ2v) is 5.66. The number of nitrogens with one attached hydrogen (secondary N) is 1. The summed E-state index contributed by atoms with van der Waals surface area (Å²) in [5.41, 5.74) is 9.49. The third-order valence-electron chi connectivity index (χ3n) is 2.27. The van der Waals surface area contributed by atoms with Crippen molar-refractivity contribution >= 4 is 44.5 Å². The Morgan fingerprint density at radius 2 is 2.16 bits per heavy atom. The number of halogens is 1. The number of hydrogen-bond acceptors (Lipinski definition) is 5. The summed E-state index contributed by atoms with van der Waals surface area (Å²) in [6.45, 7) is 1.74. The monoisotopic (exact) mass is 338 g/mol. The number of benzene rings is 1. The second-order valence-electron chi connectivity index (χ2n) is 3.72. The topological polar surface area (TPSA) is 80.4 Å². The molecule has 0 spiro atoms. The van der Waals surface area contributed by atoms with E-state index < -0.39 is 0 Å². The first-order valence-corrected chi connectivity index (χ1v) is 6.99. The molecule has 0 unspecified atom stereocenters. The molecule has 0 saturated carbocycles. The summed E-state index contributed by atoms with van der Waals surface area (Å²) in [5.74, 6) is -0.305. The summed E-state index contributed by atoms with van der Waals surface area (Å²) in [5, 5.41) is 4.27. The van der Waals surface area contributed by atoms with Crippen molar-refractivity contribution in [2.45, 2.75) is 6.92 Å². The minimum Gasteiger partial charge on any atom is -0.375 e. The molecule has 7 heteroatoms. The number of hydrogen-bond donors (Lipinski definition) is 2. The molecular weight excluding hydrogens is 328 g/mol. The summed E-state index contributed by atoms with van der Waals surface area (Å²) in [6, 6.07) is 7.57. The number of aryl methyl sites for hydroxylation is 1. The molecule has 0 aliphatic heterocycles. The van der Waals surface area contributed by atoms with Crippen LogP contribution in [-0.4, -0.2) is 17.1 Å². The third kappa shape index (κ3) is 3.62. The normalized spacial score (nSPS) is 10.8. The molecule has 1 aromatic heterocycles. The van der Waals surface area contributed by atoms with E-state index in [4.69, 9.17) is 5.73 Å². The first kappa shape index (κ1) is 13.7. The number of nitrogen functional groups attached to an aromatic ring is 1. The predicted molar refractivity (Wildman–Crippen MR) is 80.5 cm³/mol. The standard InChI is InChI=1S/C12H11BrN4OS/c1-7-10(19-12(14)16-7)11(18)17-15-6-8-2-4-9(13)5-3-8/h2-6H,1H3,(H2,14,16)(H,17,18)/b15-6-. The highest BCUT2D eigenvalue weighted by Crippen LogP contribution is 2.19. The summed E-state index contributed by atoms with van der Waals surface area (Å²) in [4.78, 5) is 16.3. The van der Waals surface area contributed by atoms with E-state index in [1.54, 1.807) is 13.1 Å². The molecule has 2 aromatic rings. The lowest BCUT2D eigenvalue weighted by Crippen LogP contribution is -2.17. The van der Waals surface area contributed by atoms with Gasteiger partial charge in [0.15, 0.2) is 5.13 Å². The van der Waals surface area contributed by atoms with Gasteiger partial charge in [0.05, 0.1) is 11.9 Å². The van der Waals surface area contributed by atoms with Crippen molar-refractivity contribution < 1.29 is 4.79 Å². The summed E-state index contributed by atoms with van der Waals surface area (Å²) in [6.07, 6.45) is 1.57. The number of anilines is 1. The molecule has 0 aliphatic rings. The molecule has 2 rings (SSSR count). The van der Waals surface area contributed by atoms with E-state index in [9.17, 15) is 4.79 Å². The molecule has 1 aromatic carbocycles. The molecule has 0 atom stereocenters. The van der Waals surface area contributed by atoms with Gasteiger partial charge in [-0.25, -0.2) is 10.4 Å². The molecule has 98 valence electrons. The van der Waals surface area contributed by atoms with Crippen LogP contribution in [0.2, 0.25) is 0 Å². The van der Waals surface area contributed by atoms with Gasteiger partial charge in [-0.3, -0.25) is 4.79 Å². The van der Waals surface area contributed by atoms with E-state index in [0.717, 1.165) is 21.4 Å². The maximum atomic E-state index is 11.8. The van der Waals surface area contributed by atoms with Crippen LogP contribution in [0.1, 0.15) is 20.9 Å². The fourth-order valence-corrected chi connectivity index (χ4v) is 2.38. The van der Waals surface area contributed by atoms with E-state index in [1.165, 1.54) is 0 Å². The molecular formula is C12H11BrN4OS. The number of hydrazone groups is 1. The van der Waals surface area contributed by atoms with Gasteiger partial charge in [-0.2, -0.15) is 5.10 Å². The van der Waals surface area contributed by atoms with Gasteiger partial charge in [-0.05, 0) is 24.6 Å². The predicted octanol–water partition coefficient (Wildman–Crippen LogP) is 2.56. The van der Waals surface area contributed by atoms with Gasteiger partial charge in [-0.1, -0.05) is 39.4 Å². The molecule has 1 amide bonds. The van der Waals surface area contributed by atoms with E-state index in [1.807, 2.05) is 24.3 Å². The maximum Gasteiger partial charge on any atom is 0.283 e. The lowest BCUT2D eigenvalue weighted by atomic mass is 10.2. The van der Waals surface area contributed by atoms with Crippen LogP contribution in [0, 0.1) is 6.92 Å². The Kier molecular flexibility index (Phi) is 4.28. The van der Waals surface area contributed by atoms with E-state index in [2.05, 4.69) is 31.4 Å². The number of nitrogens with zero attached hydrogens (tertiary/aromatic N) is 2. The van der Waals surface area contributed by atoms with Crippen LogP contribution in [-0.2, 0) is 0 Å². The molecule has 1 heterocycles. The quantitative estimate of drug-likeness (QED) is 0.666. The minimum atomic E-state index is -0.305. The van der Waals surface area contributed by atoms with Crippen molar-refractivity contribution in [3.63, 3.8) is 0 Å². The maximum absolute atomic E-state index is 11.8. The zero-order chi connectivity index (χ0) is 13.8. The smallest absolute Gasteiger partial charge is 0.283 e. The van der Waals surface area contributed by atoms with Gasteiger partial charge >= 0.3 is 0 Å². The highest BCUT2D eigenvalue weighted by molar-refractivity contribution is 9.10. The summed E-state index contributed by atoms with van der Waals surface area (Å²) < 4.78 is 0.990. The fraction of sp³-hybridized carbons (Fsp3) is 0.0833. The first-order chi connectivity index (χ1) is 9.06. The average Bonchev–Trinajstić information content (AvgIpc) is 2.71. The zero-order valence-electron chi connectivity index (χ0n) is 10.1. The Bertz CT molecular complexity index is 621. The second kappa shape index (κ2) is 5.94. The lowest BCUT2D eigenvalue weighted by Gasteiger charge is -1.97. The first-order valence-electron chi connectivity index (χ1n) is 5.38. The van der Waals surface area contributed by atoms with E-state index in [-0.39, 0.29) is 5.91 Å². The minimum absolute atomic E-state index is 0.305. The van der Waals surface area contributed by atoms with E-state index in [0.29, 0.717) is 15.7 Å². The Morgan fingerprint density at radius 3 is 2.74 bits per heavy atom. The van der Waals surface area contributed by atoms with Gasteiger partial charge in [0.1, 0.15) is 4.88 Å². The molecule has 0 radical (unpaired) electrons. The van der Waals surface area contributed by atoms with Crippen molar-refractivity contribution in [3.05, 3.63) is 44.9 Å². The number of amides is 1. The van der Waals surface area contributed by atoms with Gasteiger partial charge in [0, 0.05) is 4.47 Å². The largest absolute Gasteiger partial charge is 0.375 e. The number of aromatic nitrogens is 1. The number of thiazole rings is 1. The number of nitrogens with two attached hydrogens (primary N) is 1. The summed E-state index contributed by atoms with van der Waals surface area (Å²) in [7, 11) is 0. The number of carbonyl (C=O) groups excluding carboxylic acids is 1. The van der Waals surface area contributed by atoms with Crippen molar-refractivity contribution in [1.29, 1.82) is 0 Å². The molecule has 0 aliphatic carbocycles. The lowest BCUT2D eigenvalue weighted by molar-refractivity contribution is 0.0958. The SMILES string of the molecule is Cc1nc(N)sc1C(=O)N/N=C\c1ccc(Br)cc1. The Balaban J connectivity index is 2.00. The van der Waals surface area contributed by atoms with Gasteiger partial charge in [-0.15, -0.1) is 0 Å². The van der Waals surface area contributed by atoms with Crippen LogP contribution in [0.15, 0.2) is 33.8 Å². The highest BCUT2D eigenvalue weighted by atomic mass is 79.9.